The van der Waals surface area contributed by atoms with Gasteiger partial charge < -0.3 is 16.0 Å². The summed E-state index contributed by atoms with van der Waals surface area (Å²) < 4.78 is 0. The maximum Gasteiger partial charge on any atom is 0.262 e. The quantitative estimate of drug-likeness (QED) is 0.696. The average Bonchev–Trinajstić information content (AvgIpc) is 3.10. The summed E-state index contributed by atoms with van der Waals surface area (Å²) >= 11 is 1.32. The Morgan fingerprint density at radius 3 is 2.59 bits per heavy atom. The van der Waals surface area contributed by atoms with Crippen molar-refractivity contribution in [2.24, 2.45) is 5.92 Å². The zero-order valence-electron chi connectivity index (χ0n) is 12.7. The van der Waals surface area contributed by atoms with Crippen LogP contribution < -0.4 is 16.0 Å². The van der Waals surface area contributed by atoms with Gasteiger partial charge in [-0.05, 0) is 30.2 Å². The van der Waals surface area contributed by atoms with E-state index in [0.29, 0.717) is 4.88 Å². The number of thiophene rings is 1. The highest BCUT2D eigenvalue weighted by molar-refractivity contribution is 7.12. The minimum Gasteiger partial charge on any atom is -0.352 e. The molecule has 0 aliphatic heterocycles. The summed E-state index contributed by atoms with van der Waals surface area (Å²) in [7, 11) is 0. The topological polar surface area (TPSA) is 87.3 Å². The van der Waals surface area contributed by atoms with Gasteiger partial charge >= 0.3 is 0 Å². The maximum absolute atomic E-state index is 12.2. The third-order valence-corrected chi connectivity index (χ3v) is 4.21. The van der Waals surface area contributed by atoms with Crippen LogP contribution in [0.5, 0.6) is 0 Å². The van der Waals surface area contributed by atoms with Gasteiger partial charge in [0.05, 0.1) is 11.4 Å². The molecule has 2 rings (SSSR count). The second kappa shape index (κ2) is 7.40. The van der Waals surface area contributed by atoms with Gasteiger partial charge in [0, 0.05) is 6.04 Å². The standard InChI is InChI=1S/C15H21N3O3S/c1-9(2)13(18-14(20)11-4-3-7-22-11)15(21)16-8-12(19)17-10-5-6-10/h3-4,7,9-10,13H,5-6,8H2,1-2H3,(H,16,21)(H,17,19)(H,18,20)/t13-/m1/s1. The van der Waals surface area contributed by atoms with E-state index in [1.54, 1.807) is 12.1 Å². The second-order valence-electron chi connectivity index (χ2n) is 5.73. The van der Waals surface area contributed by atoms with E-state index in [9.17, 15) is 14.4 Å². The first-order chi connectivity index (χ1) is 10.5. The summed E-state index contributed by atoms with van der Waals surface area (Å²) in [6.45, 7) is 3.64. The Morgan fingerprint density at radius 2 is 2.05 bits per heavy atom. The summed E-state index contributed by atoms with van der Waals surface area (Å²) in [5.41, 5.74) is 0. The number of hydrogen-bond acceptors (Lipinski definition) is 4. The van der Waals surface area contributed by atoms with Crippen molar-refractivity contribution in [2.45, 2.75) is 38.8 Å². The Labute approximate surface area is 133 Å². The largest absolute Gasteiger partial charge is 0.352 e. The fraction of sp³-hybridized carbons (Fsp3) is 0.533. The first-order valence-corrected chi connectivity index (χ1v) is 8.26. The summed E-state index contributed by atoms with van der Waals surface area (Å²) in [6.07, 6.45) is 2.01. The Morgan fingerprint density at radius 1 is 1.32 bits per heavy atom. The van der Waals surface area contributed by atoms with Crippen LogP contribution in [0.1, 0.15) is 36.4 Å². The first-order valence-electron chi connectivity index (χ1n) is 7.39. The molecule has 1 atom stereocenters. The summed E-state index contributed by atoms with van der Waals surface area (Å²) in [6, 6.07) is 3.09. The third kappa shape index (κ3) is 4.84. The van der Waals surface area contributed by atoms with E-state index in [2.05, 4.69) is 16.0 Å². The normalized spacial score (nSPS) is 15.2. The van der Waals surface area contributed by atoms with Crippen molar-refractivity contribution >= 4 is 29.1 Å². The molecule has 0 bridgehead atoms. The summed E-state index contributed by atoms with van der Waals surface area (Å²) in [5.74, 6) is -0.879. The van der Waals surface area contributed by atoms with Crippen molar-refractivity contribution in [3.63, 3.8) is 0 Å². The van der Waals surface area contributed by atoms with Crippen LogP contribution in [0, 0.1) is 5.92 Å². The lowest BCUT2D eigenvalue weighted by atomic mass is 10.0. The fourth-order valence-electron chi connectivity index (χ4n) is 1.94. The molecule has 0 radical (unpaired) electrons. The lowest BCUT2D eigenvalue weighted by molar-refractivity contribution is -0.127. The highest BCUT2D eigenvalue weighted by Crippen LogP contribution is 2.18. The lowest BCUT2D eigenvalue weighted by Crippen LogP contribution is -2.51. The number of carbonyl (C=O) groups is 3. The number of nitrogens with one attached hydrogen (secondary N) is 3. The molecule has 22 heavy (non-hydrogen) atoms. The van der Waals surface area contributed by atoms with E-state index in [0.717, 1.165) is 12.8 Å². The molecule has 1 heterocycles. The van der Waals surface area contributed by atoms with Gasteiger partial charge in [-0.2, -0.15) is 0 Å². The highest BCUT2D eigenvalue weighted by atomic mass is 32.1. The zero-order chi connectivity index (χ0) is 16.1. The van der Waals surface area contributed by atoms with Gasteiger partial charge in [-0.3, -0.25) is 14.4 Å². The van der Waals surface area contributed by atoms with Crippen LogP contribution in [-0.2, 0) is 9.59 Å². The van der Waals surface area contributed by atoms with Gasteiger partial charge in [-0.1, -0.05) is 19.9 Å². The third-order valence-electron chi connectivity index (χ3n) is 3.35. The molecular weight excluding hydrogens is 302 g/mol. The SMILES string of the molecule is CC(C)[C@@H](NC(=O)c1cccs1)C(=O)NCC(=O)NC1CC1. The molecule has 1 fully saturated rings. The van der Waals surface area contributed by atoms with Crippen LogP contribution in [0.2, 0.25) is 0 Å². The molecule has 7 heteroatoms. The molecule has 0 aromatic carbocycles. The van der Waals surface area contributed by atoms with Crippen LogP contribution in [0.25, 0.3) is 0 Å². The Bertz CT molecular complexity index is 538. The second-order valence-corrected chi connectivity index (χ2v) is 6.68. The van der Waals surface area contributed by atoms with Gasteiger partial charge in [-0.25, -0.2) is 0 Å². The van der Waals surface area contributed by atoms with E-state index >= 15 is 0 Å². The van der Waals surface area contributed by atoms with Crippen molar-refractivity contribution in [3.05, 3.63) is 22.4 Å². The van der Waals surface area contributed by atoms with Crippen LogP contribution >= 0.6 is 11.3 Å². The minimum atomic E-state index is -0.664. The molecule has 1 saturated carbocycles. The molecule has 1 aromatic rings. The van der Waals surface area contributed by atoms with Crippen molar-refractivity contribution in [3.8, 4) is 0 Å². The van der Waals surface area contributed by atoms with Crippen molar-refractivity contribution in [1.82, 2.24) is 16.0 Å². The van der Waals surface area contributed by atoms with E-state index in [1.165, 1.54) is 11.3 Å². The molecule has 1 aromatic heterocycles. The summed E-state index contributed by atoms with van der Waals surface area (Å²) in [4.78, 5) is 36.4. The molecular formula is C15H21N3O3S. The maximum atomic E-state index is 12.2. The van der Waals surface area contributed by atoms with Crippen molar-refractivity contribution < 1.29 is 14.4 Å². The number of amides is 3. The molecule has 0 unspecified atom stereocenters. The molecule has 6 nitrogen and oxygen atoms in total. The van der Waals surface area contributed by atoms with Crippen LogP contribution in [0.3, 0.4) is 0 Å². The zero-order valence-corrected chi connectivity index (χ0v) is 13.5. The van der Waals surface area contributed by atoms with Crippen molar-refractivity contribution in [2.75, 3.05) is 6.54 Å². The minimum absolute atomic E-state index is 0.0621. The lowest BCUT2D eigenvalue weighted by Gasteiger charge is -2.21. The number of carbonyl (C=O) groups excluding carboxylic acids is 3. The smallest absolute Gasteiger partial charge is 0.262 e. The van der Waals surface area contributed by atoms with Gasteiger partial charge in [-0.15, -0.1) is 11.3 Å². The molecule has 0 spiro atoms. The van der Waals surface area contributed by atoms with Crippen molar-refractivity contribution in [1.29, 1.82) is 0 Å². The summed E-state index contributed by atoms with van der Waals surface area (Å²) in [5, 5.41) is 9.92. The Kier molecular flexibility index (Phi) is 5.54. The molecule has 120 valence electrons. The number of hydrogen-bond donors (Lipinski definition) is 3. The predicted molar refractivity (Wildman–Crippen MR) is 84.6 cm³/mol. The molecule has 1 aliphatic rings. The van der Waals surface area contributed by atoms with Crippen LogP contribution in [-0.4, -0.2) is 36.3 Å². The highest BCUT2D eigenvalue weighted by Gasteiger charge is 2.26. The molecule has 3 amide bonds. The monoisotopic (exact) mass is 323 g/mol. The van der Waals surface area contributed by atoms with Gasteiger partial charge in [0.1, 0.15) is 6.04 Å². The Hall–Kier alpha value is -1.89. The fourth-order valence-corrected chi connectivity index (χ4v) is 2.57. The van der Waals surface area contributed by atoms with E-state index in [4.69, 9.17) is 0 Å². The number of rotatable bonds is 7. The van der Waals surface area contributed by atoms with E-state index in [1.807, 2.05) is 19.2 Å². The van der Waals surface area contributed by atoms with Gasteiger partial charge in [0.15, 0.2) is 0 Å². The van der Waals surface area contributed by atoms with E-state index < -0.39 is 6.04 Å². The first kappa shape index (κ1) is 16.5. The van der Waals surface area contributed by atoms with Gasteiger partial charge in [0.25, 0.3) is 5.91 Å². The van der Waals surface area contributed by atoms with Crippen LogP contribution in [0.4, 0.5) is 0 Å². The van der Waals surface area contributed by atoms with Gasteiger partial charge in [0.2, 0.25) is 11.8 Å². The molecule has 1 aliphatic carbocycles. The molecule has 3 N–H and O–H groups in total. The molecule has 0 saturated heterocycles. The average molecular weight is 323 g/mol. The van der Waals surface area contributed by atoms with Crippen LogP contribution in [0.15, 0.2) is 17.5 Å². The Balaban J connectivity index is 1.84. The van der Waals surface area contributed by atoms with E-state index in [-0.39, 0.29) is 36.2 Å². The predicted octanol–water partition coefficient (Wildman–Crippen LogP) is 0.897.